The number of halogens is 2. The molecule has 5 nitrogen and oxygen atoms in total. The molecule has 1 aromatic carbocycles. The minimum absolute atomic E-state index is 0.642. The molecule has 0 radical (unpaired) electrons. The lowest BCUT2D eigenvalue weighted by molar-refractivity contribution is 0.405. The highest BCUT2D eigenvalue weighted by atomic mass is 35.5. The normalized spacial score (nSPS) is 10.9. The molecule has 0 amide bonds. The zero-order valence-corrected chi connectivity index (χ0v) is 15.5. The Hall–Kier alpha value is -1.56. The molecule has 0 aliphatic heterocycles. The first-order valence-electron chi connectivity index (χ1n) is 7.94. The summed E-state index contributed by atoms with van der Waals surface area (Å²) in [5, 5.41) is 7.87. The Kier molecular flexibility index (Phi) is 7.56. The van der Waals surface area contributed by atoms with Crippen LogP contribution in [-0.4, -0.2) is 48.6 Å². The third-order valence-corrected chi connectivity index (χ3v) is 4.02. The van der Waals surface area contributed by atoms with Crippen molar-refractivity contribution in [2.45, 2.75) is 12.8 Å². The molecule has 0 saturated carbocycles. The number of hydrogen-bond donors (Lipinski definition) is 2. The van der Waals surface area contributed by atoms with Crippen molar-refractivity contribution in [1.29, 1.82) is 0 Å². The van der Waals surface area contributed by atoms with E-state index in [-0.39, 0.29) is 0 Å². The molecular formula is C17H23Cl2N5. The highest BCUT2D eigenvalue weighted by molar-refractivity contribution is 6.35. The second-order valence-corrected chi connectivity index (χ2v) is 6.61. The lowest BCUT2D eigenvalue weighted by Crippen LogP contribution is -2.17. The quantitative estimate of drug-likeness (QED) is 0.660. The summed E-state index contributed by atoms with van der Waals surface area (Å²) in [6.45, 7) is 2.62. The Morgan fingerprint density at radius 1 is 1.08 bits per heavy atom. The van der Waals surface area contributed by atoms with Gasteiger partial charge in [-0.25, -0.2) is 4.98 Å². The van der Waals surface area contributed by atoms with Crippen molar-refractivity contribution in [1.82, 2.24) is 14.9 Å². The van der Waals surface area contributed by atoms with Gasteiger partial charge < -0.3 is 15.5 Å². The highest BCUT2D eigenvalue weighted by Crippen LogP contribution is 2.21. The lowest BCUT2D eigenvalue weighted by Gasteiger charge is -2.11. The number of nitrogens with one attached hydrogen (secondary N) is 2. The molecule has 0 saturated heterocycles. The minimum atomic E-state index is 0.642. The minimum Gasteiger partial charge on any atom is -0.370 e. The molecule has 7 heteroatoms. The first-order valence-corrected chi connectivity index (χ1v) is 8.69. The molecule has 0 atom stereocenters. The molecule has 0 aliphatic carbocycles. The maximum atomic E-state index is 6.18. The van der Waals surface area contributed by atoms with Crippen molar-refractivity contribution >= 4 is 35.0 Å². The summed E-state index contributed by atoms with van der Waals surface area (Å²) in [6, 6.07) is 7.42. The van der Waals surface area contributed by atoms with Crippen LogP contribution in [0.1, 0.15) is 12.0 Å². The molecule has 0 aliphatic rings. The SMILES string of the molecule is CN(C)CCCNc1nccc(NCCc2ccc(Cl)cc2Cl)n1. The summed E-state index contributed by atoms with van der Waals surface area (Å²) in [5.41, 5.74) is 1.06. The van der Waals surface area contributed by atoms with Gasteiger partial charge in [-0.1, -0.05) is 29.3 Å². The van der Waals surface area contributed by atoms with Gasteiger partial charge in [0.05, 0.1) is 0 Å². The van der Waals surface area contributed by atoms with E-state index in [0.717, 1.165) is 43.9 Å². The smallest absolute Gasteiger partial charge is 0.224 e. The molecule has 0 fully saturated rings. The van der Waals surface area contributed by atoms with Crippen LogP contribution in [0.15, 0.2) is 30.5 Å². The molecule has 0 spiro atoms. The summed E-state index contributed by atoms with van der Waals surface area (Å²) in [7, 11) is 4.13. The average molecular weight is 368 g/mol. The number of nitrogens with zero attached hydrogens (tertiary/aromatic N) is 3. The van der Waals surface area contributed by atoms with E-state index in [1.165, 1.54) is 0 Å². The maximum Gasteiger partial charge on any atom is 0.224 e. The third-order valence-electron chi connectivity index (χ3n) is 3.44. The van der Waals surface area contributed by atoms with E-state index in [1.807, 2.05) is 18.2 Å². The maximum absolute atomic E-state index is 6.18. The van der Waals surface area contributed by atoms with Crippen molar-refractivity contribution in [2.75, 3.05) is 44.4 Å². The molecule has 130 valence electrons. The summed E-state index contributed by atoms with van der Waals surface area (Å²) in [6.07, 6.45) is 3.59. The van der Waals surface area contributed by atoms with Gasteiger partial charge in [0, 0.05) is 29.3 Å². The Balaban J connectivity index is 1.79. The van der Waals surface area contributed by atoms with Crippen LogP contribution in [0.4, 0.5) is 11.8 Å². The van der Waals surface area contributed by atoms with Gasteiger partial charge in [0.25, 0.3) is 0 Å². The van der Waals surface area contributed by atoms with E-state index in [1.54, 1.807) is 12.3 Å². The molecule has 2 aromatic rings. The van der Waals surface area contributed by atoms with Crippen LogP contribution in [0.5, 0.6) is 0 Å². The van der Waals surface area contributed by atoms with Crippen LogP contribution >= 0.6 is 23.2 Å². The molecule has 0 bridgehead atoms. The van der Waals surface area contributed by atoms with Gasteiger partial charge in [-0.2, -0.15) is 4.98 Å². The Morgan fingerprint density at radius 3 is 2.67 bits per heavy atom. The zero-order valence-electron chi connectivity index (χ0n) is 14.0. The Bertz CT molecular complexity index is 649. The summed E-state index contributed by atoms with van der Waals surface area (Å²) < 4.78 is 0. The number of anilines is 2. The molecule has 2 N–H and O–H groups in total. The summed E-state index contributed by atoms with van der Waals surface area (Å²) >= 11 is 12.1. The van der Waals surface area contributed by atoms with Gasteiger partial charge in [-0.05, 0) is 57.2 Å². The molecule has 1 aromatic heterocycles. The number of rotatable bonds is 9. The highest BCUT2D eigenvalue weighted by Gasteiger charge is 2.03. The predicted molar refractivity (Wildman–Crippen MR) is 102 cm³/mol. The summed E-state index contributed by atoms with van der Waals surface area (Å²) in [4.78, 5) is 10.8. The fourth-order valence-electron chi connectivity index (χ4n) is 2.19. The van der Waals surface area contributed by atoms with Gasteiger partial charge in [-0.3, -0.25) is 0 Å². The zero-order chi connectivity index (χ0) is 17.4. The van der Waals surface area contributed by atoms with E-state index >= 15 is 0 Å². The van der Waals surface area contributed by atoms with Crippen LogP contribution in [-0.2, 0) is 6.42 Å². The largest absolute Gasteiger partial charge is 0.370 e. The van der Waals surface area contributed by atoms with Gasteiger partial charge >= 0.3 is 0 Å². The van der Waals surface area contributed by atoms with Crippen molar-refractivity contribution in [3.05, 3.63) is 46.1 Å². The first-order chi connectivity index (χ1) is 11.5. The lowest BCUT2D eigenvalue weighted by atomic mass is 10.1. The van der Waals surface area contributed by atoms with Gasteiger partial charge in [0.2, 0.25) is 5.95 Å². The van der Waals surface area contributed by atoms with Crippen molar-refractivity contribution in [2.24, 2.45) is 0 Å². The topological polar surface area (TPSA) is 53.1 Å². The number of benzene rings is 1. The van der Waals surface area contributed by atoms with E-state index in [0.29, 0.717) is 16.0 Å². The van der Waals surface area contributed by atoms with Gasteiger partial charge in [-0.15, -0.1) is 0 Å². The van der Waals surface area contributed by atoms with Gasteiger partial charge in [0.15, 0.2) is 0 Å². The first kappa shape index (κ1) is 18.8. The second-order valence-electron chi connectivity index (χ2n) is 5.76. The van der Waals surface area contributed by atoms with E-state index in [4.69, 9.17) is 23.2 Å². The number of aromatic nitrogens is 2. The fourth-order valence-corrected chi connectivity index (χ4v) is 2.69. The fraction of sp³-hybridized carbons (Fsp3) is 0.412. The average Bonchev–Trinajstić information content (AvgIpc) is 2.54. The van der Waals surface area contributed by atoms with Crippen LogP contribution in [0.3, 0.4) is 0 Å². The monoisotopic (exact) mass is 367 g/mol. The van der Waals surface area contributed by atoms with Crippen molar-refractivity contribution in [3.63, 3.8) is 0 Å². The molecular weight excluding hydrogens is 345 g/mol. The third kappa shape index (κ3) is 6.51. The Labute approximate surface area is 153 Å². The molecule has 0 unspecified atom stereocenters. The molecule has 2 rings (SSSR count). The molecule has 24 heavy (non-hydrogen) atoms. The van der Waals surface area contributed by atoms with E-state index in [9.17, 15) is 0 Å². The number of hydrogen-bond acceptors (Lipinski definition) is 5. The van der Waals surface area contributed by atoms with Crippen LogP contribution in [0, 0.1) is 0 Å². The van der Waals surface area contributed by atoms with E-state index < -0.39 is 0 Å². The molecule has 1 heterocycles. The summed E-state index contributed by atoms with van der Waals surface area (Å²) in [5.74, 6) is 1.44. The van der Waals surface area contributed by atoms with Crippen LogP contribution in [0.25, 0.3) is 0 Å². The van der Waals surface area contributed by atoms with Crippen LogP contribution in [0.2, 0.25) is 10.0 Å². The van der Waals surface area contributed by atoms with Gasteiger partial charge in [0.1, 0.15) is 5.82 Å². The second kappa shape index (κ2) is 9.67. The van der Waals surface area contributed by atoms with Crippen molar-refractivity contribution < 1.29 is 0 Å². The van der Waals surface area contributed by atoms with Crippen molar-refractivity contribution in [3.8, 4) is 0 Å². The predicted octanol–water partition coefficient (Wildman–Crippen LogP) is 3.80. The standard InChI is InChI=1S/C17H23Cl2N5/c1-24(2)11-3-8-21-17-22-10-7-16(23-17)20-9-6-13-4-5-14(18)12-15(13)19/h4-5,7,10,12H,3,6,8-9,11H2,1-2H3,(H2,20,21,22,23). The Morgan fingerprint density at radius 2 is 1.92 bits per heavy atom. The van der Waals surface area contributed by atoms with E-state index in [2.05, 4.69) is 39.6 Å². The van der Waals surface area contributed by atoms with Crippen LogP contribution < -0.4 is 10.6 Å².